The topological polar surface area (TPSA) is 53.2 Å². The zero-order valence-electron chi connectivity index (χ0n) is 10.9. The molecule has 2 rings (SSSR count). The molecule has 0 aromatic heterocycles. The maximum Gasteiger partial charge on any atom is 0.416 e. The second kappa shape index (κ2) is 5.80. The van der Waals surface area contributed by atoms with E-state index in [4.69, 9.17) is 0 Å². The normalized spacial score (nSPS) is 20.7. The van der Waals surface area contributed by atoms with Crippen molar-refractivity contribution in [3.8, 4) is 0 Å². The fourth-order valence-electron chi connectivity index (χ4n) is 2.04. The summed E-state index contributed by atoms with van der Waals surface area (Å²) in [5.41, 5.74) is 5.63. The Labute approximate surface area is 114 Å². The molecule has 7 heteroatoms. The third-order valence-electron chi connectivity index (χ3n) is 3.25. The Morgan fingerprint density at radius 3 is 2.50 bits per heavy atom. The van der Waals surface area contributed by atoms with Gasteiger partial charge in [-0.3, -0.25) is 10.2 Å². The van der Waals surface area contributed by atoms with Crippen molar-refractivity contribution in [3.05, 3.63) is 35.4 Å². The van der Waals surface area contributed by atoms with Crippen LogP contribution in [0.25, 0.3) is 0 Å². The number of amides is 1. The number of hydrogen-bond donors (Lipinski definition) is 3. The summed E-state index contributed by atoms with van der Waals surface area (Å²) in [5.74, 6) is -0.164. The maximum absolute atomic E-state index is 12.5. The quantitative estimate of drug-likeness (QED) is 0.794. The Morgan fingerprint density at radius 1 is 1.35 bits per heavy atom. The van der Waals surface area contributed by atoms with Crippen molar-refractivity contribution in [1.29, 1.82) is 0 Å². The zero-order chi connectivity index (χ0) is 14.8. The molecule has 0 radical (unpaired) electrons. The first-order chi connectivity index (χ1) is 9.38. The van der Waals surface area contributed by atoms with E-state index in [9.17, 15) is 18.0 Å². The molecule has 20 heavy (non-hydrogen) atoms. The number of halogens is 3. The molecule has 1 aliphatic heterocycles. The minimum absolute atomic E-state index is 0.164. The van der Waals surface area contributed by atoms with Crippen molar-refractivity contribution >= 4 is 5.91 Å². The molecule has 1 unspecified atom stereocenters. The van der Waals surface area contributed by atoms with E-state index in [0.29, 0.717) is 18.5 Å². The van der Waals surface area contributed by atoms with E-state index in [1.54, 1.807) is 6.92 Å². The number of carbonyl (C=O) groups is 1. The summed E-state index contributed by atoms with van der Waals surface area (Å²) in [5, 5.41) is 2.77. The highest BCUT2D eigenvalue weighted by Gasteiger charge is 2.30. The van der Waals surface area contributed by atoms with Gasteiger partial charge in [-0.05, 0) is 31.0 Å². The van der Waals surface area contributed by atoms with Crippen LogP contribution in [-0.4, -0.2) is 18.5 Å². The minimum atomic E-state index is -4.34. The number of hydrazine groups is 1. The second-order valence-corrected chi connectivity index (χ2v) is 4.76. The Kier molecular flexibility index (Phi) is 4.29. The van der Waals surface area contributed by atoms with E-state index in [1.165, 1.54) is 12.1 Å². The van der Waals surface area contributed by atoms with Gasteiger partial charge in [-0.15, -0.1) is 0 Å². The van der Waals surface area contributed by atoms with Gasteiger partial charge < -0.3 is 5.32 Å². The van der Waals surface area contributed by atoms with Gasteiger partial charge in [0.2, 0.25) is 5.91 Å². The highest BCUT2D eigenvalue weighted by atomic mass is 19.4. The SMILES string of the molecule is C[C@@H](NC(=O)C1CCNN1)c1ccc(C(F)(F)F)cc1. The molecule has 0 saturated carbocycles. The summed E-state index contributed by atoms with van der Waals surface area (Å²) in [6.45, 7) is 2.45. The first-order valence-corrected chi connectivity index (χ1v) is 6.34. The summed E-state index contributed by atoms with van der Waals surface area (Å²) in [4.78, 5) is 11.9. The molecule has 4 nitrogen and oxygen atoms in total. The van der Waals surface area contributed by atoms with Gasteiger partial charge in [0.1, 0.15) is 6.04 Å². The van der Waals surface area contributed by atoms with Crippen molar-refractivity contribution in [2.75, 3.05) is 6.54 Å². The van der Waals surface area contributed by atoms with Crippen LogP contribution in [0.1, 0.15) is 30.5 Å². The van der Waals surface area contributed by atoms with Crippen molar-refractivity contribution in [1.82, 2.24) is 16.2 Å². The Hall–Kier alpha value is -1.60. The molecular weight excluding hydrogens is 271 g/mol. The number of alkyl halides is 3. The summed E-state index contributed by atoms with van der Waals surface area (Å²) in [7, 11) is 0. The van der Waals surface area contributed by atoms with Gasteiger partial charge in [-0.2, -0.15) is 13.2 Å². The number of benzene rings is 1. The van der Waals surface area contributed by atoms with Crippen molar-refractivity contribution in [2.45, 2.75) is 31.6 Å². The summed E-state index contributed by atoms with van der Waals surface area (Å²) in [6.07, 6.45) is -3.66. The molecule has 1 amide bonds. The van der Waals surface area contributed by atoms with Crippen LogP contribution >= 0.6 is 0 Å². The van der Waals surface area contributed by atoms with E-state index >= 15 is 0 Å². The van der Waals surface area contributed by atoms with Crippen molar-refractivity contribution < 1.29 is 18.0 Å². The first kappa shape index (κ1) is 14.8. The molecule has 1 saturated heterocycles. The van der Waals surface area contributed by atoms with Gasteiger partial charge in [0, 0.05) is 6.54 Å². The van der Waals surface area contributed by atoms with Crippen LogP contribution in [0.3, 0.4) is 0 Å². The third-order valence-corrected chi connectivity index (χ3v) is 3.25. The van der Waals surface area contributed by atoms with Crippen LogP contribution in [0.5, 0.6) is 0 Å². The molecule has 3 N–H and O–H groups in total. The van der Waals surface area contributed by atoms with Gasteiger partial charge in [0.25, 0.3) is 0 Å². The fraction of sp³-hybridized carbons (Fsp3) is 0.462. The summed E-state index contributed by atoms with van der Waals surface area (Å²) in [6, 6.07) is 4.17. The lowest BCUT2D eigenvalue weighted by Crippen LogP contribution is -2.43. The highest BCUT2D eigenvalue weighted by molar-refractivity contribution is 5.82. The third kappa shape index (κ3) is 3.49. The standard InChI is InChI=1S/C13H16F3N3O/c1-8(18-12(20)11-6-7-17-19-11)9-2-4-10(5-3-9)13(14,15)16/h2-5,8,11,17,19H,6-7H2,1H3,(H,18,20)/t8-,11?/m1/s1. The lowest BCUT2D eigenvalue weighted by molar-refractivity contribution is -0.137. The molecule has 1 aliphatic rings. The second-order valence-electron chi connectivity index (χ2n) is 4.76. The average molecular weight is 287 g/mol. The van der Waals surface area contributed by atoms with Crippen LogP contribution in [0.4, 0.5) is 13.2 Å². The van der Waals surface area contributed by atoms with E-state index in [-0.39, 0.29) is 18.0 Å². The van der Waals surface area contributed by atoms with Crippen LogP contribution in [0.15, 0.2) is 24.3 Å². The Balaban J connectivity index is 1.98. The van der Waals surface area contributed by atoms with Crippen LogP contribution in [0.2, 0.25) is 0 Å². The molecule has 1 fully saturated rings. The van der Waals surface area contributed by atoms with Gasteiger partial charge in [0.15, 0.2) is 0 Å². The van der Waals surface area contributed by atoms with Crippen molar-refractivity contribution in [2.24, 2.45) is 0 Å². The molecule has 1 heterocycles. The van der Waals surface area contributed by atoms with Gasteiger partial charge in [0.05, 0.1) is 11.6 Å². The molecular formula is C13H16F3N3O. The van der Waals surface area contributed by atoms with E-state index in [2.05, 4.69) is 16.2 Å². The van der Waals surface area contributed by atoms with Gasteiger partial charge >= 0.3 is 6.18 Å². The van der Waals surface area contributed by atoms with Gasteiger partial charge in [-0.25, -0.2) is 5.43 Å². The molecule has 1 aromatic rings. The van der Waals surface area contributed by atoms with E-state index < -0.39 is 11.7 Å². The van der Waals surface area contributed by atoms with Crippen LogP contribution in [-0.2, 0) is 11.0 Å². The number of carbonyl (C=O) groups excluding carboxylic acids is 1. The molecule has 110 valence electrons. The molecule has 0 spiro atoms. The first-order valence-electron chi connectivity index (χ1n) is 6.34. The lowest BCUT2D eigenvalue weighted by Gasteiger charge is -2.18. The predicted molar refractivity (Wildman–Crippen MR) is 67.5 cm³/mol. The van der Waals surface area contributed by atoms with Gasteiger partial charge in [-0.1, -0.05) is 12.1 Å². The summed E-state index contributed by atoms with van der Waals surface area (Å²) < 4.78 is 37.4. The maximum atomic E-state index is 12.5. The van der Waals surface area contributed by atoms with E-state index in [0.717, 1.165) is 12.1 Å². The molecule has 2 atom stereocenters. The zero-order valence-corrected chi connectivity index (χ0v) is 10.9. The number of hydrogen-bond acceptors (Lipinski definition) is 3. The molecule has 0 aliphatic carbocycles. The average Bonchev–Trinajstić information content (AvgIpc) is 2.91. The molecule has 0 bridgehead atoms. The summed E-state index contributed by atoms with van der Waals surface area (Å²) >= 11 is 0. The Bertz CT molecular complexity index is 467. The monoisotopic (exact) mass is 287 g/mol. The Morgan fingerprint density at radius 2 is 2.00 bits per heavy atom. The molecule has 1 aromatic carbocycles. The number of nitrogens with one attached hydrogen (secondary N) is 3. The number of rotatable bonds is 3. The van der Waals surface area contributed by atoms with Crippen LogP contribution < -0.4 is 16.2 Å². The predicted octanol–water partition coefficient (Wildman–Crippen LogP) is 1.75. The van der Waals surface area contributed by atoms with Crippen LogP contribution in [0, 0.1) is 0 Å². The lowest BCUT2D eigenvalue weighted by atomic mass is 10.1. The fourth-order valence-corrected chi connectivity index (χ4v) is 2.04. The smallest absolute Gasteiger partial charge is 0.348 e. The van der Waals surface area contributed by atoms with E-state index in [1.807, 2.05) is 0 Å². The minimum Gasteiger partial charge on any atom is -0.348 e. The largest absolute Gasteiger partial charge is 0.416 e. The highest BCUT2D eigenvalue weighted by Crippen LogP contribution is 2.29. The van der Waals surface area contributed by atoms with Crippen molar-refractivity contribution in [3.63, 3.8) is 0 Å².